The minimum absolute atomic E-state index is 0.674. The number of nitrogens with zero attached hydrogens (tertiary/aromatic N) is 4. The predicted octanol–water partition coefficient (Wildman–Crippen LogP) is 1.73. The van der Waals surface area contributed by atoms with E-state index in [1.165, 1.54) is 5.56 Å². The Morgan fingerprint density at radius 2 is 2.00 bits per heavy atom. The molecule has 0 aliphatic heterocycles. The third-order valence-corrected chi connectivity index (χ3v) is 4.36. The Hall–Kier alpha value is -2.38. The zero-order valence-electron chi connectivity index (χ0n) is 17.1. The minimum atomic E-state index is 0.674. The molecule has 0 aliphatic rings. The first-order valence-electron chi connectivity index (χ1n) is 9.28. The number of guanidine groups is 1. The molecule has 0 saturated heterocycles. The van der Waals surface area contributed by atoms with Crippen LogP contribution in [-0.4, -0.2) is 68.1 Å². The topological polar surface area (TPSA) is 66.7 Å². The van der Waals surface area contributed by atoms with Crippen LogP contribution < -0.4 is 10.6 Å². The van der Waals surface area contributed by atoms with Gasteiger partial charge in [-0.25, -0.2) is 4.68 Å². The van der Waals surface area contributed by atoms with Gasteiger partial charge in [0.25, 0.3) is 0 Å². The molecule has 0 spiro atoms. The van der Waals surface area contributed by atoms with Crippen molar-refractivity contribution < 1.29 is 4.74 Å². The van der Waals surface area contributed by atoms with Crippen molar-refractivity contribution in [2.45, 2.75) is 20.4 Å². The number of hydrogen-bond donors (Lipinski definition) is 2. The first-order valence-corrected chi connectivity index (χ1v) is 9.28. The van der Waals surface area contributed by atoms with E-state index in [9.17, 15) is 0 Å². The molecular formula is C20H32N6O. The highest BCUT2D eigenvalue weighted by atomic mass is 16.5. The van der Waals surface area contributed by atoms with Gasteiger partial charge in [0, 0.05) is 46.0 Å². The van der Waals surface area contributed by atoms with Crippen LogP contribution in [0.5, 0.6) is 0 Å². The van der Waals surface area contributed by atoms with Crippen LogP contribution in [0.25, 0.3) is 5.69 Å². The summed E-state index contributed by atoms with van der Waals surface area (Å²) in [5.41, 5.74) is 4.40. The maximum absolute atomic E-state index is 5.10. The molecule has 0 radical (unpaired) electrons. The molecule has 1 aromatic carbocycles. The van der Waals surface area contributed by atoms with Crippen LogP contribution in [0.4, 0.5) is 0 Å². The fourth-order valence-corrected chi connectivity index (χ4v) is 2.86. The number of hydrogen-bond acceptors (Lipinski definition) is 4. The summed E-state index contributed by atoms with van der Waals surface area (Å²) in [6.45, 7) is 8.16. The van der Waals surface area contributed by atoms with Gasteiger partial charge in [0.2, 0.25) is 0 Å². The van der Waals surface area contributed by atoms with E-state index in [-0.39, 0.29) is 0 Å². The van der Waals surface area contributed by atoms with E-state index in [2.05, 4.69) is 57.8 Å². The largest absolute Gasteiger partial charge is 0.383 e. The lowest BCUT2D eigenvalue weighted by atomic mass is 10.1. The smallest absolute Gasteiger partial charge is 0.191 e. The first kappa shape index (κ1) is 20.9. The van der Waals surface area contributed by atoms with Gasteiger partial charge >= 0.3 is 0 Å². The Labute approximate surface area is 162 Å². The third-order valence-electron chi connectivity index (χ3n) is 4.36. The number of likely N-dealkylation sites (N-methyl/N-ethyl adjacent to an activating group) is 1. The molecule has 0 aliphatic carbocycles. The zero-order valence-corrected chi connectivity index (χ0v) is 17.1. The molecule has 7 heteroatoms. The maximum atomic E-state index is 5.10. The summed E-state index contributed by atoms with van der Waals surface area (Å²) in [7, 11) is 5.60. The van der Waals surface area contributed by atoms with Gasteiger partial charge < -0.3 is 20.3 Å². The van der Waals surface area contributed by atoms with E-state index in [1.54, 1.807) is 14.2 Å². The van der Waals surface area contributed by atoms with E-state index >= 15 is 0 Å². The zero-order chi connectivity index (χ0) is 19.6. The van der Waals surface area contributed by atoms with E-state index in [0.717, 1.165) is 49.3 Å². The van der Waals surface area contributed by atoms with Crippen LogP contribution in [0.3, 0.4) is 0 Å². The van der Waals surface area contributed by atoms with Crippen LogP contribution in [0.15, 0.2) is 35.3 Å². The number of benzene rings is 1. The van der Waals surface area contributed by atoms with E-state index in [4.69, 9.17) is 4.74 Å². The van der Waals surface area contributed by atoms with Gasteiger partial charge in [-0.1, -0.05) is 18.2 Å². The molecule has 0 saturated carbocycles. The van der Waals surface area contributed by atoms with Crippen molar-refractivity contribution in [1.82, 2.24) is 25.3 Å². The van der Waals surface area contributed by atoms with E-state index in [1.807, 2.05) is 23.7 Å². The molecule has 27 heavy (non-hydrogen) atoms. The van der Waals surface area contributed by atoms with Crippen LogP contribution in [0.1, 0.15) is 17.0 Å². The lowest BCUT2D eigenvalue weighted by Gasteiger charge is -2.18. The average molecular weight is 373 g/mol. The summed E-state index contributed by atoms with van der Waals surface area (Å²) in [6.07, 6.45) is 0. The highest BCUT2D eigenvalue weighted by molar-refractivity contribution is 5.79. The molecule has 148 valence electrons. The molecule has 0 fully saturated rings. The van der Waals surface area contributed by atoms with Crippen molar-refractivity contribution in [1.29, 1.82) is 0 Å². The van der Waals surface area contributed by atoms with Gasteiger partial charge in [-0.05, 0) is 38.6 Å². The van der Waals surface area contributed by atoms with Crippen molar-refractivity contribution in [2.24, 2.45) is 4.99 Å². The van der Waals surface area contributed by atoms with Gasteiger partial charge in [-0.3, -0.25) is 4.99 Å². The van der Waals surface area contributed by atoms with Crippen molar-refractivity contribution in [3.05, 3.63) is 47.3 Å². The molecule has 1 heterocycles. The Balaban J connectivity index is 1.93. The number of aliphatic imine (C=N–C) groups is 1. The maximum Gasteiger partial charge on any atom is 0.191 e. The van der Waals surface area contributed by atoms with E-state index < -0.39 is 0 Å². The normalized spacial score (nSPS) is 11.9. The molecule has 0 amide bonds. The minimum Gasteiger partial charge on any atom is -0.383 e. The van der Waals surface area contributed by atoms with Crippen LogP contribution in [-0.2, 0) is 11.3 Å². The molecule has 0 atom stereocenters. The highest BCUT2D eigenvalue weighted by Gasteiger charge is 2.09. The molecule has 7 nitrogen and oxygen atoms in total. The molecule has 2 aromatic rings. The van der Waals surface area contributed by atoms with Gasteiger partial charge in [0.1, 0.15) is 0 Å². The summed E-state index contributed by atoms with van der Waals surface area (Å²) >= 11 is 0. The molecule has 0 bridgehead atoms. The van der Waals surface area contributed by atoms with Crippen molar-refractivity contribution in [2.75, 3.05) is 47.4 Å². The Morgan fingerprint density at radius 3 is 2.67 bits per heavy atom. The number of rotatable bonds is 9. The van der Waals surface area contributed by atoms with E-state index in [0.29, 0.717) is 6.54 Å². The highest BCUT2D eigenvalue weighted by Crippen LogP contribution is 2.16. The fourth-order valence-electron chi connectivity index (χ4n) is 2.86. The SMILES string of the molecule is CN=C(NCCN(C)CCOC)NCc1ccccc1-n1nc(C)cc1C. The van der Waals surface area contributed by atoms with Gasteiger partial charge in [-0.15, -0.1) is 0 Å². The Bertz CT molecular complexity index is 740. The quantitative estimate of drug-likeness (QED) is 0.518. The van der Waals surface area contributed by atoms with Crippen LogP contribution in [0, 0.1) is 13.8 Å². The number of aryl methyl sites for hydroxylation is 2. The fraction of sp³-hybridized carbons (Fsp3) is 0.500. The summed E-state index contributed by atoms with van der Waals surface area (Å²) in [4.78, 5) is 6.54. The van der Waals surface area contributed by atoms with Gasteiger partial charge in [-0.2, -0.15) is 5.10 Å². The molecule has 0 unspecified atom stereocenters. The van der Waals surface area contributed by atoms with Crippen LogP contribution >= 0.6 is 0 Å². The summed E-state index contributed by atoms with van der Waals surface area (Å²) in [6, 6.07) is 10.4. The average Bonchev–Trinajstić information content (AvgIpc) is 3.01. The number of methoxy groups -OCH3 is 1. The Kier molecular flexibility index (Phi) is 8.29. The monoisotopic (exact) mass is 372 g/mol. The third kappa shape index (κ3) is 6.37. The summed E-state index contributed by atoms with van der Waals surface area (Å²) < 4.78 is 7.09. The van der Waals surface area contributed by atoms with Crippen molar-refractivity contribution >= 4 is 5.96 Å². The Morgan fingerprint density at radius 1 is 1.22 bits per heavy atom. The molecular weight excluding hydrogens is 340 g/mol. The first-order chi connectivity index (χ1) is 13.0. The number of nitrogens with one attached hydrogen (secondary N) is 2. The van der Waals surface area contributed by atoms with Gasteiger partial charge in [0.15, 0.2) is 5.96 Å². The number of para-hydroxylation sites is 1. The van der Waals surface area contributed by atoms with Crippen LogP contribution in [0.2, 0.25) is 0 Å². The number of aromatic nitrogens is 2. The number of ether oxygens (including phenoxy) is 1. The molecule has 1 aromatic heterocycles. The van der Waals surface area contributed by atoms with Gasteiger partial charge in [0.05, 0.1) is 18.0 Å². The lowest BCUT2D eigenvalue weighted by Crippen LogP contribution is -2.41. The van der Waals surface area contributed by atoms with Crippen molar-refractivity contribution in [3.8, 4) is 5.69 Å². The summed E-state index contributed by atoms with van der Waals surface area (Å²) in [5, 5.41) is 11.4. The second kappa shape index (κ2) is 10.7. The standard InChI is InChI=1S/C20H32N6O/c1-16-14-17(2)26(24-16)19-9-7-6-8-18(19)15-23-20(21-3)22-10-11-25(4)12-13-27-5/h6-9,14H,10-13,15H2,1-5H3,(H2,21,22,23). The second-order valence-corrected chi connectivity index (χ2v) is 6.62. The van der Waals surface area contributed by atoms with Crippen molar-refractivity contribution in [3.63, 3.8) is 0 Å². The molecule has 2 N–H and O–H groups in total. The second-order valence-electron chi connectivity index (χ2n) is 6.62. The predicted molar refractivity (Wildman–Crippen MR) is 111 cm³/mol. The summed E-state index contributed by atoms with van der Waals surface area (Å²) in [5.74, 6) is 0.790. The lowest BCUT2D eigenvalue weighted by molar-refractivity contribution is 0.162. The molecule has 2 rings (SSSR count).